The smallest absolute Gasteiger partial charge is 0.0233 e. The first-order chi connectivity index (χ1) is 10.3. The molecule has 0 saturated carbocycles. The first-order valence-electron chi connectivity index (χ1n) is 7.91. The molecular formula is C16H31N5. The largest absolute Gasteiger partial charge is 0.330 e. The van der Waals surface area contributed by atoms with E-state index in [1.54, 1.807) is 0 Å². The standard InChI is InChI=1S/C16H31N5/c17-6-2-10-21(11-3-7-18)14-16-5-1-4-15(12-16)13-20-9-8-19/h1,4-5,12,20H,2-3,6-11,13-14,17-19H2. The van der Waals surface area contributed by atoms with Gasteiger partial charge in [0.1, 0.15) is 0 Å². The van der Waals surface area contributed by atoms with Gasteiger partial charge in [-0.15, -0.1) is 0 Å². The van der Waals surface area contributed by atoms with E-state index in [0.29, 0.717) is 6.54 Å². The molecular weight excluding hydrogens is 262 g/mol. The zero-order chi connectivity index (χ0) is 15.3. The van der Waals surface area contributed by atoms with E-state index in [4.69, 9.17) is 17.2 Å². The Labute approximate surface area is 128 Å². The minimum absolute atomic E-state index is 0.672. The summed E-state index contributed by atoms with van der Waals surface area (Å²) in [4.78, 5) is 2.44. The number of hydrogen-bond donors (Lipinski definition) is 4. The van der Waals surface area contributed by atoms with Gasteiger partial charge in [0.2, 0.25) is 0 Å². The summed E-state index contributed by atoms with van der Waals surface area (Å²) in [5.41, 5.74) is 19.4. The summed E-state index contributed by atoms with van der Waals surface area (Å²) in [7, 11) is 0. The number of rotatable bonds is 12. The van der Waals surface area contributed by atoms with Crippen LogP contribution in [-0.4, -0.2) is 44.2 Å². The summed E-state index contributed by atoms with van der Waals surface area (Å²) in [6.07, 6.45) is 2.06. The van der Waals surface area contributed by atoms with Crippen LogP contribution in [-0.2, 0) is 13.1 Å². The Kier molecular flexibility index (Phi) is 10.0. The van der Waals surface area contributed by atoms with Gasteiger partial charge >= 0.3 is 0 Å². The summed E-state index contributed by atoms with van der Waals surface area (Å²) in [6, 6.07) is 8.72. The molecule has 1 rings (SSSR count). The normalized spacial score (nSPS) is 11.2. The fraction of sp³-hybridized carbons (Fsp3) is 0.625. The Morgan fingerprint density at radius 1 is 0.905 bits per heavy atom. The van der Waals surface area contributed by atoms with Gasteiger partial charge in [0, 0.05) is 26.2 Å². The molecule has 7 N–H and O–H groups in total. The number of benzene rings is 1. The van der Waals surface area contributed by atoms with Crippen molar-refractivity contribution in [2.75, 3.05) is 39.3 Å². The maximum Gasteiger partial charge on any atom is 0.0233 e. The molecule has 0 fully saturated rings. The van der Waals surface area contributed by atoms with Gasteiger partial charge in [0.25, 0.3) is 0 Å². The molecule has 0 atom stereocenters. The fourth-order valence-electron chi connectivity index (χ4n) is 2.33. The van der Waals surface area contributed by atoms with Crippen LogP contribution in [0.5, 0.6) is 0 Å². The van der Waals surface area contributed by atoms with Gasteiger partial charge in [0.05, 0.1) is 0 Å². The van der Waals surface area contributed by atoms with Crippen molar-refractivity contribution in [3.8, 4) is 0 Å². The lowest BCUT2D eigenvalue weighted by molar-refractivity contribution is 0.262. The maximum atomic E-state index is 5.62. The third-order valence-corrected chi connectivity index (χ3v) is 3.40. The van der Waals surface area contributed by atoms with Gasteiger partial charge in [-0.3, -0.25) is 4.90 Å². The van der Waals surface area contributed by atoms with E-state index >= 15 is 0 Å². The minimum atomic E-state index is 0.672. The lowest BCUT2D eigenvalue weighted by atomic mass is 10.1. The van der Waals surface area contributed by atoms with Crippen molar-refractivity contribution in [1.82, 2.24) is 10.2 Å². The van der Waals surface area contributed by atoms with Crippen molar-refractivity contribution in [2.45, 2.75) is 25.9 Å². The highest BCUT2D eigenvalue weighted by Crippen LogP contribution is 2.09. The average Bonchev–Trinajstić information content (AvgIpc) is 2.50. The van der Waals surface area contributed by atoms with Crippen LogP contribution < -0.4 is 22.5 Å². The van der Waals surface area contributed by atoms with Crippen LogP contribution in [0.1, 0.15) is 24.0 Å². The second kappa shape index (κ2) is 11.7. The molecule has 0 unspecified atom stereocenters. The SMILES string of the molecule is NCCCN(CCCN)Cc1cccc(CNCCN)c1. The van der Waals surface area contributed by atoms with Gasteiger partial charge in [-0.25, -0.2) is 0 Å². The van der Waals surface area contributed by atoms with Gasteiger partial charge in [-0.05, 0) is 50.1 Å². The molecule has 120 valence electrons. The van der Waals surface area contributed by atoms with Crippen molar-refractivity contribution in [2.24, 2.45) is 17.2 Å². The molecule has 0 bridgehead atoms. The molecule has 1 aromatic carbocycles. The van der Waals surface area contributed by atoms with E-state index in [9.17, 15) is 0 Å². The van der Waals surface area contributed by atoms with E-state index in [1.807, 2.05) is 0 Å². The Balaban J connectivity index is 2.53. The van der Waals surface area contributed by atoms with Crippen LogP contribution in [0.3, 0.4) is 0 Å². The molecule has 0 aliphatic carbocycles. The quantitative estimate of drug-likeness (QED) is 0.414. The van der Waals surface area contributed by atoms with E-state index in [-0.39, 0.29) is 0 Å². The van der Waals surface area contributed by atoms with Crippen molar-refractivity contribution in [3.63, 3.8) is 0 Å². The topological polar surface area (TPSA) is 93.3 Å². The summed E-state index contributed by atoms with van der Waals surface area (Å²) >= 11 is 0. The van der Waals surface area contributed by atoms with Crippen molar-refractivity contribution in [1.29, 1.82) is 0 Å². The molecule has 5 heteroatoms. The lowest BCUT2D eigenvalue weighted by Gasteiger charge is -2.22. The van der Waals surface area contributed by atoms with E-state index in [1.165, 1.54) is 11.1 Å². The van der Waals surface area contributed by atoms with Crippen molar-refractivity contribution in [3.05, 3.63) is 35.4 Å². The summed E-state index contributed by atoms with van der Waals surface area (Å²) in [5, 5.41) is 3.33. The van der Waals surface area contributed by atoms with E-state index in [0.717, 1.165) is 58.7 Å². The number of nitrogens with one attached hydrogen (secondary N) is 1. The van der Waals surface area contributed by atoms with Crippen LogP contribution >= 0.6 is 0 Å². The summed E-state index contributed by atoms with van der Waals surface area (Å²) in [5.74, 6) is 0. The second-order valence-corrected chi connectivity index (χ2v) is 5.35. The highest BCUT2D eigenvalue weighted by Gasteiger charge is 2.06. The molecule has 0 spiro atoms. The van der Waals surface area contributed by atoms with Crippen LogP contribution in [0.15, 0.2) is 24.3 Å². The monoisotopic (exact) mass is 293 g/mol. The summed E-state index contributed by atoms with van der Waals surface area (Å²) < 4.78 is 0. The molecule has 0 radical (unpaired) electrons. The van der Waals surface area contributed by atoms with Gasteiger partial charge in [0.15, 0.2) is 0 Å². The molecule has 0 aliphatic heterocycles. The Morgan fingerprint density at radius 2 is 1.57 bits per heavy atom. The maximum absolute atomic E-state index is 5.62. The average molecular weight is 293 g/mol. The predicted molar refractivity (Wildman–Crippen MR) is 89.8 cm³/mol. The van der Waals surface area contributed by atoms with Crippen molar-refractivity contribution >= 4 is 0 Å². The fourth-order valence-corrected chi connectivity index (χ4v) is 2.33. The molecule has 0 saturated heterocycles. The Morgan fingerprint density at radius 3 is 2.19 bits per heavy atom. The van der Waals surface area contributed by atoms with Crippen LogP contribution in [0.25, 0.3) is 0 Å². The third kappa shape index (κ3) is 8.14. The van der Waals surface area contributed by atoms with Crippen LogP contribution in [0.2, 0.25) is 0 Å². The summed E-state index contributed by atoms with van der Waals surface area (Å²) in [6.45, 7) is 6.90. The van der Waals surface area contributed by atoms with Gasteiger partial charge < -0.3 is 22.5 Å². The molecule has 0 aliphatic rings. The molecule has 0 heterocycles. The highest BCUT2D eigenvalue weighted by molar-refractivity contribution is 5.23. The highest BCUT2D eigenvalue weighted by atomic mass is 15.1. The van der Waals surface area contributed by atoms with Gasteiger partial charge in [-0.1, -0.05) is 24.3 Å². The molecule has 1 aromatic rings. The molecule has 21 heavy (non-hydrogen) atoms. The minimum Gasteiger partial charge on any atom is -0.330 e. The predicted octanol–water partition coefficient (Wildman–Crippen LogP) is 0.235. The zero-order valence-corrected chi connectivity index (χ0v) is 13.1. The Hall–Kier alpha value is -0.980. The van der Waals surface area contributed by atoms with Crippen molar-refractivity contribution < 1.29 is 0 Å². The molecule has 5 nitrogen and oxygen atoms in total. The van der Waals surface area contributed by atoms with E-state index in [2.05, 4.69) is 34.5 Å². The number of nitrogens with two attached hydrogens (primary N) is 3. The Bertz CT molecular complexity index is 361. The van der Waals surface area contributed by atoms with Gasteiger partial charge in [-0.2, -0.15) is 0 Å². The lowest BCUT2D eigenvalue weighted by Crippen LogP contribution is -2.28. The van der Waals surface area contributed by atoms with Crippen LogP contribution in [0.4, 0.5) is 0 Å². The number of nitrogens with zero attached hydrogens (tertiary/aromatic N) is 1. The zero-order valence-electron chi connectivity index (χ0n) is 13.1. The van der Waals surface area contributed by atoms with E-state index < -0.39 is 0 Å². The molecule has 0 amide bonds. The number of hydrogen-bond acceptors (Lipinski definition) is 5. The molecule has 0 aromatic heterocycles. The third-order valence-electron chi connectivity index (χ3n) is 3.40. The van der Waals surface area contributed by atoms with Crippen LogP contribution in [0, 0.1) is 0 Å². The first-order valence-corrected chi connectivity index (χ1v) is 7.91. The second-order valence-electron chi connectivity index (χ2n) is 5.35. The first kappa shape index (κ1) is 18.1.